The van der Waals surface area contributed by atoms with Gasteiger partial charge in [-0.05, 0) is 209 Å². The third-order valence-corrected chi connectivity index (χ3v) is 19.5. The van der Waals surface area contributed by atoms with E-state index in [1.54, 1.807) is 0 Å². The van der Waals surface area contributed by atoms with Crippen LogP contribution >= 0.6 is 0 Å². The van der Waals surface area contributed by atoms with Crippen molar-refractivity contribution in [1.29, 1.82) is 0 Å². The number of nitrogens with two attached hydrogens (primary N) is 2. The van der Waals surface area contributed by atoms with Gasteiger partial charge in [0.25, 0.3) is 0 Å². The first-order chi connectivity index (χ1) is 47.4. The minimum absolute atomic E-state index is 0. The summed E-state index contributed by atoms with van der Waals surface area (Å²) in [5.41, 5.74) is 17.2. The Morgan fingerprint density at radius 1 is 0.347 bits per heavy atom. The molecule has 0 aliphatic carbocycles. The van der Waals surface area contributed by atoms with Gasteiger partial charge >= 0.3 is 0 Å². The number of fused-ring (bicyclic) bond motifs is 15. The lowest BCUT2D eigenvalue weighted by Gasteiger charge is -2.45. The van der Waals surface area contributed by atoms with Gasteiger partial charge in [-0.15, -0.1) is 0 Å². The van der Waals surface area contributed by atoms with Crippen molar-refractivity contribution in [3.8, 4) is 0 Å². The Balaban J connectivity index is 0.00000109. The molecular formula is C85H152B2N10O. The Labute approximate surface area is 607 Å². The number of nitrogens with zero attached hydrogens (tertiary/aromatic N) is 5. The highest BCUT2D eigenvalue weighted by molar-refractivity contribution is 7.20. The average Bonchev–Trinajstić information content (AvgIpc) is 0.873. The van der Waals surface area contributed by atoms with E-state index in [-0.39, 0.29) is 7.43 Å². The minimum atomic E-state index is 0. The van der Waals surface area contributed by atoms with E-state index in [1.807, 2.05) is 145 Å². The number of piperidine rings is 15. The van der Waals surface area contributed by atoms with E-state index < -0.39 is 0 Å². The number of hydrogen-bond acceptors (Lipinski definition) is 11. The Hall–Kier alpha value is -5.14. The summed E-state index contributed by atoms with van der Waals surface area (Å²) in [5, 5.41) is 11.0. The summed E-state index contributed by atoms with van der Waals surface area (Å²) in [5.74, 6) is 4.47. The number of nitrogen functional groups attached to an aromatic ring is 1. The van der Waals surface area contributed by atoms with E-state index in [4.69, 9.17) is 11.5 Å². The lowest BCUT2D eigenvalue weighted by Crippen LogP contribution is -2.54. The molecule has 0 radical (unpaired) electrons. The molecular weight excluding hydrogens is 1200 g/mol. The molecule has 15 aliphatic heterocycles. The fraction of sp³-hybridized carbons (Fsp3) is 0.635. The van der Waals surface area contributed by atoms with Crippen LogP contribution in [0, 0.1) is 36.5 Å². The molecule has 0 unspecified atom stereocenters. The second kappa shape index (κ2) is 58.5. The van der Waals surface area contributed by atoms with Crippen LogP contribution in [-0.4, -0.2) is 166 Å². The first kappa shape index (κ1) is 92.9. The molecule has 0 aromatic heterocycles. The maximum atomic E-state index is 11.0. The van der Waals surface area contributed by atoms with Crippen molar-refractivity contribution in [2.24, 2.45) is 35.3 Å². The van der Waals surface area contributed by atoms with Gasteiger partial charge in [0.1, 0.15) is 19.0 Å². The summed E-state index contributed by atoms with van der Waals surface area (Å²) >= 11 is 0. The standard InChI is InChI=1S/3C13H18N2.C7H14N2.C7H11NO.C7H8.C6H7N.C4H12B2.7C2H6.CH4/c3*1-2-4-12(5-3-1)14-13-10-15-8-6-11(13)7-9-15;8-7-5-9-3-1-6(7)2-4-9;9-7-5-8-3-1-6(7)2-4-8;1-7-5-3-2-4-6-7;7-6-4-2-1-3-5-6;1-5(2)6(3)4;7*1-2;/h3*1-5,11,13-14H,6-10H2;6-7H,1-5,8H2;6H,1-5H2;2-6H,1H3;1-5H,7H2;1-4H3;7*1-2H3;1H4/t3*13-;7-;;;;;;;;;;;;/m0000............/s1. The minimum Gasteiger partial charge on any atom is -0.399 e. The van der Waals surface area contributed by atoms with Crippen molar-refractivity contribution in [3.05, 3.63) is 157 Å². The monoisotopic (exact) mass is 1350 g/mol. The van der Waals surface area contributed by atoms with Crippen molar-refractivity contribution in [2.45, 2.75) is 227 Å². The van der Waals surface area contributed by atoms with Gasteiger partial charge in [0, 0.05) is 79.0 Å². The van der Waals surface area contributed by atoms with Gasteiger partial charge < -0.3 is 47.0 Å². The van der Waals surface area contributed by atoms with Gasteiger partial charge in [-0.25, -0.2) is 0 Å². The smallest absolute Gasteiger partial charge is 0.149 e. The lowest BCUT2D eigenvalue weighted by molar-refractivity contribution is -0.130. The highest BCUT2D eigenvalue weighted by Gasteiger charge is 2.37. The van der Waals surface area contributed by atoms with Crippen LogP contribution in [0.1, 0.15) is 174 Å². The second-order valence-electron chi connectivity index (χ2n) is 26.1. The number of anilines is 4. The van der Waals surface area contributed by atoms with E-state index in [1.165, 1.54) is 146 Å². The first-order valence-corrected chi connectivity index (χ1v) is 39.6. The molecule has 0 saturated carbocycles. The van der Waals surface area contributed by atoms with Crippen LogP contribution in [0.4, 0.5) is 22.7 Å². The quantitative estimate of drug-likeness (QED) is 0.0791. The Kier molecular flexibility index (Phi) is 55.4. The first-order valence-electron chi connectivity index (χ1n) is 39.6. The highest BCUT2D eigenvalue weighted by Crippen LogP contribution is 2.32. The summed E-state index contributed by atoms with van der Waals surface area (Å²) in [6, 6.07) is 54.1. The molecule has 15 heterocycles. The van der Waals surface area contributed by atoms with Crippen molar-refractivity contribution < 1.29 is 4.79 Å². The van der Waals surface area contributed by atoms with Crippen LogP contribution in [0.2, 0.25) is 27.3 Å². The van der Waals surface area contributed by atoms with Gasteiger partial charge in [-0.3, -0.25) is 9.69 Å². The van der Waals surface area contributed by atoms with Crippen LogP contribution in [0.5, 0.6) is 0 Å². The molecule has 554 valence electrons. The van der Waals surface area contributed by atoms with E-state index in [2.05, 4.69) is 178 Å². The van der Waals surface area contributed by atoms with Crippen molar-refractivity contribution in [1.82, 2.24) is 24.5 Å². The van der Waals surface area contributed by atoms with Crippen LogP contribution in [0.3, 0.4) is 0 Å². The van der Waals surface area contributed by atoms with Gasteiger partial charge in [0.05, 0.1) is 6.54 Å². The van der Waals surface area contributed by atoms with Crippen LogP contribution in [-0.2, 0) is 4.79 Å². The summed E-state index contributed by atoms with van der Waals surface area (Å²) in [4.78, 5) is 23.5. The molecule has 5 aromatic rings. The number of para-hydroxylation sites is 4. The predicted octanol–water partition coefficient (Wildman–Crippen LogP) is 19.6. The number of nitrogens with one attached hydrogen (secondary N) is 3. The zero-order chi connectivity index (χ0) is 72.2. The van der Waals surface area contributed by atoms with Crippen LogP contribution < -0.4 is 27.4 Å². The highest BCUT2D eigenvalue weighted by atomic mass is 16.1. The third kappa shape index (κ3) is 37.0. The Morgan fingerprint density at radius 2 is 0.592 bits per heavy atom. The van der Waals surface area contributed by atoms with E-state index in [0.29, 0.717) is 35.9 Å². The summed E-state index contributed by atoms with van der Waals surface area (Å²) in [7, 11) is 0. The topological polar surface area (TPSA) is 121 Å². The number of benzene rings is 5. The molecule has 0 spiro atoms. The van der Waals surface area contributed by atoms with E-state index in [0.717, 1.165) is 81.6 Å². The zero-order valence-electron chi connectivity index (χ0n) is 65.8. The normalized spacial score (nSPS) is 26.1. The van der Waals surface area contributed by atoms with E-state index in [9.17, 15) is 4.79 Å². The number of carbonyl (C=O) groups is 1. The molecule has 20 rings (SSSR count). The van der Waals surface area contributed by atoms with Gasteiger partial charge in [-0.1, -0.05) is 240 Å². The maximum absolute atomic E-state index is 11.0. The molecule has 13 heteroatoms. The number of ketones is 1. The summed E-state index contributed by atoms with van der Waals surface area (Å²) in [6.45, 7) is 59.2. The molecule has 10 bridgehead atoms. The summed E-state index contributed by atoms with van der Waals surface area (Å²) in [6.07, 6.45) is 13.2. The van der Waals surface area contributed by atoms with Crippen molar-refractivity contribution in [3.63, 3.8) is 0 Å². The number of hydrogen-bond donors (Lipinski definition) is 5. The maximum Gasteiger partial charge on any atom is 0.149 e. The molecule has 7 N–H and O–H groups in total. The molecule has 15 aliphatic rings. The Bertz CT molecular complexity index is 2290. The molecule has 15 fully saturated rings. The average molecular weight is 1350 g/mol. The second-order valence-corrected chi connectivity index (χ2v) is 26.1. The summed E-state index contributed by atoms with van der Waals surface area (Å²) < 4.78 is 0. The number of rotatable bonds is 7. The molecule has 5 aromatic carbocycles. The van der Waals surface area contributed by atoms with Crippen LogP contribution in [0.25, 0.3) is 0 Å². The zero-order valence-corrected chi connectivity index (χ0v) is 65.8. The van der Waals surface area contributed by atoms with Crippen molar-refractivity contribution in [2.75, 3.05) is 120 Å². The number of carbonyl (C=O) groups excluding carboxylic acids is 1. The fourth-order valence-electron chi connectivity index (χ4n) is 13.4. The molecule has 11 nitrogen and oxygen atoms in total. The molecule has 98 heavy (non-hydrogen) atoms. The lowest BCUT2D eigenvalue weighted by atomic mass is 9.12. The number of aryl methyl sites for hydroxylation is 1. The third-order valence-electron chi connectivity index (χ3n) is 19.5. The predicted molar refractivity (Wildman–Crippen MR) is 444 cm³/mol. The van der Waals surface area contributed by atoms with Gasteiger partial charge in [0.15, 0.2) is 0 Å². The van der Waals surface area contributed by atoms with E-state index >= 15 is 0 Å². The van der Waals surface area contributed by atoms with Gasteiger partial charge in [-0.2, -0.15) is 0 Å². The van der Waals surface area contributed by atoms with Crippen molar-refractivity contribution >= 4 is 41.7 Å². The fourth-order valence-corrected chi connectivity index (χ4v) is 13.4. The largest absolute Gasteiger partial charge is 0.399 e. The van der Waals surface area contributed by atoms with Gasteiger partial charge in [0.2, 0.25) is 0 Å². The SMILES string of the molecule is C.CB(C)B(C)C.CC.CC.CC.CC.CC.CC.CC.Cc1ccccc1.N[C@H]1CN2CCC1CC2.Nc1ccccc1.O=C1CN2CCC1CC2.c1ccc(N[C@H]2CN3CCC2CC3)cc1.c1ccc(N[C@H]2CN3CCC2CC3)cc1.c1ccc(N[C@H]2CN3CCC2CC3)cc1. The molecule has 15 saturated heterocycles. The molecule has 4 atom stereocenters. The molecule has 0 amide bonds. The number of Topliss-reactive ketones (excluding diaryl/α,β-unsaturated/α-hetero) is 1. The Morgan fingerprint density at radius 3 is 0.735 bits per heavy atom. The van der Waals surface area contributed by atoms with Crippen LogP contribution in [0.15, 0.2) is 152 Å².